The van der Waals surface area contributed by atoms with Crippen LogP contribution in [0.1, 0.15) is 5.76 Å². The Morgan fingerprint density at radius 1 is 1.25 bits per heavy atom. The molecule has 5 heteroatoms. The summed E-state index contributed by atoms with van der Waals surface area (Å²) in [5.74, 6) is 1.04. The van der Waals surface area contributed by atoms with Gasteiger partial charge in [-0.3, -0.25) is 5.32 Å². The molecular weight excluding hydrogens is 206 g/mol. The molecule has 0 unspecified atom stereocenters. The maximum absolute atomic E-state index is 11.5. The molecule has 2 rings (SSSR count). The van der Waals surface area contributed by atoms with Crippen LogP contribution in [-0.4, -0.2) is 11.2 Å². The van der Waals surface area contributed by atoms with Crippen LogP contribution in [0.25, 0.3) is 0 Å². The fraction of sp³-hybridized carbons (Fsp3) is 0.0909. The van der Waals surface area contributed by atoms with Crippen molar-refractivity contribution in [1.29, 1.82) is 0 Å². The molecule has 0 aliphatic carbocycles. The Kier molecular flexibility index (Phi) is 2.86. The van der Waals surface area contributed by atoms with Crippen LogP contribution in [-0.2, 0) is 0 Å². The second-order valence-corrected chi connectivity index (χ2v) is 3.27. The van der Waals surface area contributed by atoms with Gasteiger partial charge >= 0.3 is 6.03 Å². The molecule has 0 atom stereocenters. The number of nitrogens with zero attached hydrogens (tertiary/aromatic N) is 1. The van der Waals surface area contributed by atoms with Gasteiger partial charge in [-0.25, -0.2) is 4.79 Å². The molecule has 0 saturated carbocycles. The van der Waals surface area contributed by atoms with Crippen LogP contribution in [0.5, 0.6) is 0 Å². The molecule has 0 fully saturated rings. The van der Waals surface area contributed by atoms with Crippen LogP contribution in [0.4, 0.5) is 16.3 Å². The Hall–Kier alpha value is -2.30. The van der Waals surface area contributed by atoms with Crippen molar-refractivity contribution < 1.29 is 9.32 Å². The van der Waals surface area contributed by atoms with Gasteiger partial charge in [0.2, 0.25) is 0 Å². The van der Waals surface area contributed by atoms with E-state index in [9.17, 15) is 4.79 Å². The summed E-state index contributed by atoms with van der Waals surface area (Å²) >= 11 is 0. The molecule has 0 aliphatic rings. The summed E-state index contributed by atoms with van der Waals surface area (Å²) in [4.78, 5) is 11.5. The summed E-state index contributed by atoms with van der Waals surface area (Å²) in [6.45, 7) is 1.76. The van der Waals surface area contributed by atoms with Crippen LogP contribution in [0.2, 0.25) is 0 Å². The normalized spacial score (nSPS) is 9.81. The number of anilines is 2. The van der Waals surface area contributed by atoms with Crippen molar-refractivity contribution in [2.24, 2.45) is 0 Å². The number of rotatable bonds is 2. The Labute approximate surface area is 92.4 Å². The van der Waals surface area contributed by atoms with E-state index in [0.29, 0.717) is 11.6 Å². The van der Waals surface area contributed by atoms with Crippen molar-refractivity contribution >= 4 is 17.5 Å². The fourth-order valence-electron chi connectivity index (χ4n) is 1.23. The minimum Gasteiger partial charge on any atom is -0.360 e. The van der Waals surface area contributed by atoms with E-state index in [1.807, 2.05) is 18.2 Å². The molecule has 0 radical (unpaired) electrons. The molecule has 5 nitrogen and oxygen atoms in total. The van der Waals surface area contributed by atoms with E-state index in [0.717, 1.165) is 5.69 Å². The van der Waals surface area contributed by atoms with Crippen molar-refractivity contribution in [2.75, 3.05) is 10.6 Å². The summed E-state index contributed by atoms with van der Waals surface area (Å²) in [6, 6.07) is 10.5. The van der Waals surface area contributed by atoms with E-state index >= 15 is 0 Å². The Balaban J connectivity index is 1.95. The average Bonchev–Trinajstić information content (AvgIpc) is 2.65. The van der Waals surface area contributed by atoms with Gasteiger partial charge in [0.05, 0.1) is 0 Å². The van der Waals surface area contributed by atoms with Crippen LogP contribution in [0, 0.1) is 6.92 Å². The topological polar surface area (TPSA) is 67.2 Å². The number of aromatic nitrogens is 1. The molecule has 0 saturated heterocycles. The molecule has 0 aliphatic heterocycles. The van der Waals surface area contributed by atoms with E-state index in [1.54, 1.807) is 25.1 Å². The Bertz CT molecular complexity index is 479. The molecule has 0 bridgehead atoms. The number of hydrogen-bond donors (Lipinski definition) is 2. The SMILES string of the molecule is Cc1cc(NC(=O)Nc2ccccc2)no1. The summed E-state index contributed by atoms with van der Waals surface area (Å²) in [5.41, 5.74) is 0.722. The first kappa shape index (κ1) is 10.2. The van der Waals surface area contributed by atoms with Gasteiger partial charge in [0, 0.05) is 11.8 Å². The van der Waals surface area contributed by atoms with E-state index in [2.05, 4.69) is 15.8 Å². The van der Waals surface area contributed by atoms with Crippen molar-refractivity contribution in [3.8, 4) is 0 Å². The molecule has 2 N–H and O–H groups in total. The Morgan fingerprint density at radius 3 is 2.62 bits per heavy atom. The highest BCUT2D eigenvalue weighted by Gasteiger charge is 2.05. The summed E-state index contributed by atoms with van der Waals surface area (Å²) in [7, 11) is 0. The zero-order valence-electron chi connectivity index (χ0n) is 8.73. The minimum absolute atomic E-state index is 0.348. The Morgan fingerprint density at radius 2 is 2.00 bits per heavy atom. The molecule has 2 aromatic rings. The summed E-state index contributed by atoms with van der Waals surface area (Å²) in [6.07, 6.45) is 0. The number of nitrogens with one attached hydrogen (secondary N) is 2. The minimum atomic E-state index is -0.348. The lowest BCUT2D eigenvalue weighted by molar-refractivity contribution is 0.262. The lowest BCUT2D eigenvalue weighted by Crippen LogP contribution is -2.19. The van der Waals surface area contributed by atoms with Gasteiger partial charge in [0.1, 0.15) is 5.76 Å². The van der Waals surface area contributed by atoms with Crippen LogP contribution < -0.4 is 10.6 Å². The van der Waals surface area contributed by atoms with Gasteiger partial charge in [-0.1, -0.05) is 23.4 Å². The van der Waals surface area contributed by atoms with Gasteiger partial charge in [0.25, 0.3) is 0 Å². The van der Waals surface area contributed by atoms with Crippen LogP contribution in [0.15, 0.2) is 40.9 Å². The number of urea groups is 1. The second-order valence-electron chi connectivity index (χ2n) is 3.27. The zero-order valence-corrected chi connectivity index (χ0v) is 8.73. The van der Waals surface area contributed by atoms with E-state index < -0.39 is 0 Å². The molecule has 1 aromatic carbocycles. The van der Waals surface area contributed by atoms with Crippen LogP contribution >= 0.6 is 0 Å². The molecule has 2 amide bonds. The van der Waals surface area contributed by atoms with Crippen molar-refractivity contribution in [1.82, 2.24) is 5.16 Å². The first-order valence-electron chi connectivity index (χ1n) is 4.80. The summed E-state index contributed by atoms with van der Waals surface area (Å²) in [5, 5.41) is 8.87. The predicted octanol–water partition coefficient (Wildman–Crippen LogP) is 2.63. The fourth-order valence-corrected chi connectivity index (χ4v) is 1.23. The number of hydrogen-bond acceptors (Lipinski definition) is 3. The molecular formula is C11H11N3O2. The standard InChI is InChI=1S/C11H11N3O2/c1-8-7-10(14-16-8)13-11(15)12-9-5-3-2-4-6-9/h2-7H,1H3,(H2,12,13,14,15). The van der Waals surface area contributed by atoms with Crippen molar-refractivity contribution in [3.05, 3.63) is 42.2 Å². The zero-order chi connectivity index (χ0) is 11.4. The summed E-state index contributed by atoms with van der Waals surface area (Å²) < 4.78 is 4.82. The van der Waals surface area contributed by atoms with Gasteiger partial charge in [-0.05, 0) is 19.1 Å². The van der Waals surface area contributed by atoms with Crippen LogP contribution in [0.3, 0.4) is 0 Å². The largest absolute Gasteiger partial charge is 0.360 e. The maximum Gasteiger partial charge on any atom is 0.324 e. The van der Waals surface area contributed by atoms with Gasteiger partial charge in [0.15, 0.2) is 5.82 Å². The molecule has 0 spiro atoms. The average molecular weight is 217 g/mol. The van der Waals surface area contributed by atoms with Crippen molar-refractivity contribution in [2.45, 2.75) is 6.92 Å². The maximum atomic E-state index is 11.5. The number of aryl methyl sites for hydroxylation is 1. The number of benzene rings is 1. The molecule has 16 heavy (non-hydrogen) atoms. The van der Waals surface area contributed by atoms with Crippen molar-refractivity contribution in [3.63, 3.8) is 0 Å². The highest BCUT2D eigenvalue weighted by atomic mass is 16.5. The quantitative estimate of drug-likeness (QED) is 0.812. The number of carbonyl (C=O) groups is 1. The number of para-hydroxylation sites is 1. The first-order chi connectivity index (χ1) is 7.74. The third-order valence-electron chi connectivity index (χ3n) is 1.90. The lowest BCUT2D eigenvalue weighted by atomic mass is 10.3. The van der Waals surface area contributed by atoms with E-state index in [1.165, 1.54) is 0 Å². The molecule has 82 valence electrons. The predicted molar refractivity (Wildman–Crippen MR) is 60.3 cm³/mol. The molecule has 1 aromatic heterocycles. The third-order valence-corrected chi connectivity index (χ3v) is 1.90. The lowest BCUT2D eigenvalue weighted by Gasteiger charge is -2.03. The highest BCUT2D eigenvalue weighted by Crippen LogP contribution is 2.09. The third kappa shape index (κ3) is 2.60. The number of amides is 2. The first-order valence-corrected chi connectivity index (χ1v) is 4.80. The van der Waals surface area contributed by atoms with Gasteiger partial charge in [-0.2, -0.15) is 0 Å². The highest BCUT2D eigenvalue weighted by molar-refractivity contribution is 5.99. The van der Waals surface area contributed by atoms with E-state index in [-0.39, 0.29) is 6.03 Å². The number of carbonyl (C=O) groups excluding carboxylic acids is 1. The van der Waals surface area contributed by atoms with Gasteiger partial charge < -0.3 is 9.84 Å². The van der Waals surface area contributed by atoms with E-state index in [4.69, 9.17) is 4.52 Å². The monoisotopic (exact) mass is 217 g/mol. The smallest absolute Gasteiger partial charge is 0.324 e. The van der Waals surface area contributed by atoms with Gasteiger partial charge in [-0.15, -0.1) is 0 Å². The second kappa shape index (κ2) is 4.48. The molecule has 1 heterocycles.